The van der Waals surface area contributed by atoms with E-state index >= 15 is 0 Å². The van der Waals surface area contributed by atoms with Gasteiger partial charge in [-0.15, -0.1) is 0 Å². The molecule has 0 bridgehead atoms. The average Bonchev–Trinajstić information content (AvgIpc) is 2.48. The molecule has 22 heavy (non-hydrogen) atoms. The van der Waals surface area contributed by atoms with E-state index in [0.717, 1.165) is 19.3 Å². The van der Waals surface area contributed by atoms with Crippen molar-refractivity contribution >= 4 is 11.6 Å². The van der Waals surface area contributed by atoms with Crippen LogP contribution in [0, 0.1) is 5.92 Å². The Bertz CT molecular complexity index is 480. The largest absolute Gasteiger partial charge is 0.435 e. The van der Waals surface area contributed by atoms with Gasteiger partial charge in [-0.05, 0) is 43.0 Å². The minimum atomic E-state index is -2.83. The quantitative estimate of drug-likeness (QED) is 0.846. The lowest BCUT2D eigenvalue weighted by atomic mass is 9.86. The standard InChI is InChI=1S/C16H22F2N2O2/c1-11-4-2-3-5-14(11)20-15(21)10-19-12-6-8-13(9-7-12)22-16(17)18/h6-9,11,14,16,19H,2-5,10H2,1H3,(H,20,21). The second-order valence-corrected chi connectivity index (χ2v) is 5.69. The molecule has 122 valence electrons. The molecule has 2 unspecified atom stereocenters. The Morgan fingerprint density at radius 2 is 1.95 bits per heavy atom. The SMILES string of the molecule is CC1CCCCC1NC(=O)CNc1ccc(OC(F)F)cc1. The van der Waals surface area contributed by atoms with Gasteiger partial charge in [0.15, 0.2) is 0 Å². The van der Waals surface area contributed by atoms with Gasteiger partial charge in [-0.3, -0.25) is 4.79 Å². The normalized spacial score (nSPS) is 21.5. The van der Waals surface area contributed by atoms with Crippen LogP contribution in [0.15, 0.2) is 24.3 Å². The first-order valence-corrected chi connectivity index (χ1v) is 7.62. The number of carbonyl (C=O) groups excluding carboxylic acids is 1. The third kappa shape index (κ3) is 5.16. The number of anilines is 1. The van der Waals surface area contributed by atoms with Crippen molar-refractivity contribution in [3.05, 3.63) is 24.3 Å². The summed E-state index contributed by atoms with van der Waals surface area (Å²) >= 11 is 0. The predicted molar refractivity (Wildman–Crippen MR) is 81.1 cm³/mol. The van der Waals surface area contributed by atoms with Crippen molar-refractivity contribution in [3.63, 3.8) is 0 Å². The van der Waals surface area contributed by atoms with E-state index < -0.39 is 6.61 Å². The van der Waals surface area contributed by atoms with E-state index in [-0.39, 0.29) is 24.2 Å². The Balaban J connectivity index is 1.76. The number of benzene rings is 1. The van der Waals surface area contributed by atoms with Gasteiger partial charge in [0.25, 0.3) is 0 Å². The zero-order valence-corrected chi connectivity index (χ0v) is 12.6. The van der Waals surface area contributed by atoms with E-state index in [1.807, 2.05) is 0 Å². The molecule has 1 saturated carbocycles. The highest BCUT2D eigenvalue weighted by molar-refractivity contribution is 5.81. The Morgan fingerprint density at radius 3 is 2.59 bits per heavy atom. The summed E-state index contributed by atoms with van der Waals surface area (Å²) in [5.74, 6) is 0.566. The molecular formula is C16H22F2N2O2. The minimum Gasteiger partial charge on any atom is -0.435 e. The number of ether oxygens (including phenoxy) is 1. The van der Waals surface area contributed by atoms with Crippen LogP contribution >= 0.6 is 0 Å². The zero-order chi connectivity index (χ0) is 15.9. The molecule has 0 heterocycles. The monoisotopic (exact) mass is 312 g/mol. The Labute approximate surface area is 129 Å². The second kappa shape index (κ2) is 7.96. The van der Waals surface area contributed by atoms with Gasteiger partial charge in [0.2, 0.25) is 5.91 Å². The summed E-state index contributed by atoms with van der Waals surface area (Å²) in [4.78, 5) is 11.9. The van der Waals surface area contributed by atoms with E-state index in [2.05, 4.69) is 22.3 Å². The molecule has 1 aliphatic rings. The van der Waals surface area contributed by atoms with E-state index in [9.17, 15) is 13.6 Å². The summed E-state index contributed by atoms with van der Waals surface area (Å²) in [6.45, 7) is -0.501. The minimum absolute atomic E-state index is 0.0494. The number of nitrogens with one attached hydrogen (secondary N) is 2. The maximum absolute atomic E-state index is 12.0. The zero-order valence-electron chi connectivity index (χ0n) is 12.6. The van der Waals surface area contributed by atoms with Crippen molar-refractivity contribution in [1.29, 1.82) is 0 Å². The molecule has 1 fully saturated rings. The highest BCUT2D eigenvalue weighted by Crippen LogP contribution is 2.23. The number of hydrogen-bond donors (Lipinski definition) is 2. The third-order valence-electron chi connectivity index (χ3n) is 3.99. The average molecular weight is 312 g/mol. The lowest BCUT2D eigenvalue weighted by molar-refractivity contribution is -0.120. The van der Waals surface area contributed by atoms with Crippen molar-refractivity contribution in [1.82, 2.24) is 5.32 Å². The number of hydrogen-bond acceptors (Lipinski definition) is 3. The van der Waals surface area contributed by atoms with Crippen molar-refractivity contribution < 1.29 is 18.3 Å². The molecule has 0 spiro atoms. The first kappa shape index (κ1) is 16.5. The molecule has 1 aromatic carbocycles. The summed E-state index contributed by atoms with van der Waals surface area (Å²) in [5.41, 5.74) is 0.688. The van der Waals surface area contributed by atoms with Gasteiger partial charge in [0.05, 0.1) is 6.54 Å². The molecule has 4 nitrogen and oxygen atoms in total. The fourth-order valence-electron chi connectivity index (χ4n) is 2.73. The van der Waals surface area contributed by atoms with Crippen molar-refractivity contribution in [2.24, 2.45) is 5.92 Å². The molecule has 0 radical (unpaired) electrons. The van der Waals surface area contributed by atoms with E-state index in [0.29, 0.717) is 11.6 Å². The highest BCUT2D eigenvalue weighted by Gasteiger charge is 2.22. The van der Waals surface area contributed by atoms with Crippen LogP contribution in [0.5, 0.6) is 5.75 Å². The third-order valence-corrected chi connectivity index (χ3v) is 3.99. The van der Waals surface area contributed by atoms with Crippen molar-refractivity contribution in [2.75, 3.05) is 11.9 Å². The first-order chi connectivity index (χ1) is 10.5. The lowest BCUT2D eigenvalue weighted by Crippen LogP contribution is -2.43. The van der Waals surface area contributed by atoms with Crippen molar-refractivity contribution in [3.8, 4) is 5.75 Å². The molecule has 0 aromatic heterocycles. The maximum Gasteiger partial charge on any atom is 0.387 e. The fraction of sp³-hybridized carbons (Fsp3) is 0.562. The van der Waals surface area contributed by atoms with E-state index in [4.69, 9.17) is 0 Å². The predicted octanol–water partition coefficient (Wildman–Crippen LogP) is 3.39. The van der Waals surface area contributed by atoms with E-state index in [1.165, 1.54) is 18.6 Å². The Morgan fingerprint density at radius 1 is 1.27 bits per heavy atom. The van der Waals surface area contributed by atoms with Crippen LogP contribution in [0.25, 0.3) is 0 Å². The van der Waals surface area contributed by atoms with Gasteiger partial charge in [0.1, 0.15) is 5.75 Å². The second-order valence-electron chi connectivity index (χ2n) is 5.69. The first-order valence-electron chi connectivity index (χ1n) is 7.62. The summed E-state index contributed by atoms with van der Waals surface area (Å²) in [5, 5.41) is 6.03. The van der Waals surface area contributed by atoms with Crippen LogP contribution in [0.4, 0.5) is 14.5 Å². The van der Waals surface area contributed by atoms with Gasteiger partial charge in [-0.1, -0.05) is 19.8 Å². The van der Waals surface area contributed by atoms with Crippen LogP contribution in [0.3, 0.4) is 0 Å². The van der Waals surface area contributed by atoms with Crippen LogP contribution in [-0.4, -0.2) is 25.1 Å². The molecule has 1 amide bonds. The smallest absolute Gasteiger partial charge is 0.387 e. The molecular weight excluding hydrogens is 290 g/mol. The van der Waals surface area contributed by atoms with Crippen LogP contribution in [-0.2, 0) is 4.79 Å². The number of amides is 1. The van der Waals surface area contributed by atoms with Gasteiger partial charge < -0.3 is 15.4 Å². The van der Waals surface area contributed by atoms with Crippen LogP contribution in [0.2, 0.25) is 0 Å². The maximum atomic E-state index is 12.0. The van der Waals surface area contributed by atoms with Gasteiger partial charge >= 0.3 is 6.61 Å². The van der Waals surface area contributed by atoms with E-state index in [1.54, 1.807) is 12.1 Å². The summed E-state index contributed by atoms with van der Waals surface area (Å²) < 4.78 is 28.3. The summed E-state index contributed by atoms with van der Waals surface area (Å²) in [6, 6.07) is 6.35. The number of carbonyl (C=O) groups is 1. The van der Waals surface area contributed by atoms with Gasteiger partial charge in [0, 0.05) is 11.7 Å². The summed E-state index contributed by atoms with van der Waals surface area (Å²) in [6.07, 6.45) is 4.59. The van der Waals surface area contributed by atoms with Gasteiger partial charge in [-0.2, -0.15) is 8.78 Å². The molecule has 1 aliphatic carbocycles. The van der Waals surface area contributed by atoms with Crippen molar-refractivity contribution in [2.45, 2.75) is 45.3 Å². The molecule has 6 heteroatoms. The molecule has 0 aliphatic heterocycles. The van der Waals surface area contributed by atoms with Gasteiger partial charge in [-0.25, -0.2) is 0 Å². The topological polar surface area (TPSA) is 50.4 Å². The van der Waals surface area contributed by atoms with Crippen LogP contribution in [0.1, 0.15) is 32.6 Å². The molecule has 2 rings (SSSR count). The summed E-state index contributed by atoms with van der Waals surface area (Å²) in [7, 11) is 0. The Hall–Kier alpha value is -1.85. The number of rotatable bonds is 6. The lowest BCUT2D eigenvalue weighted by Gasteiger charge is -2.29. The van der Waals surface area contributed by atoms with Crippen LogP contribution < -0.4 is 15.4 Å². The molecule has 2 N–H and O–H groups in total. The molecule has 2 atom stereocenters. The molecule has 1 aromatic rings. The Kier molecular flexibility index (Phi) is 5.98. The number of halogens is 2. The fourth-order valence-corrected chi connectivity index (χ4v) is 2.73. The molecule has 0 saturated heterocycles. The number of alkyl halides is 2. The highest BCUT2D eigenvalue weighted by atomic mass is 19.3.